The van der Waals surface area contributed by atoms with Crippen LogP contribution in [0.3, 0.4) is 0 Å². The van der Waals surface area contributed by atoms with Crippen LogP contribution >= 0.6 is 0 Å². The molecular weight excluding hydrogens is 358 g/mol. The summed E-state index contributed by atoms with van der Waals surface area (Å²) in [6.45, 7) is 3.23. The molecule has 0 aromatic heterocycles. The Hall–Kier alpha value is -1.61. The van der Waals surface area contributed by atoms with Crippen molar-refractivity contribution < 1.29 is 9.90 Å². The standard InChI is InChI=1S/C26H43NO2/c1-3-4-5-6-7-8-10-16-24(20-19-23-14-11-9-12-15-23)21-25(22-27-2)17-13-18-26(28)29/h8-12,14-15,24-25,27H,3-7,13,16-22H2,1-2H3,(H,28,29)/b10-8-/t24-,25+/m1/s1. The molecule has 2 atom stereocenters. The molecule has 0 bridgehead atoms. The Bertz CT molecular complexity index is 541. The van der Waals surface area contributed by atoms with Gasteiger partial charge in [-0.2, -0.15) is 0 Å². The number of nitrogens with one attached hydrogen (secondary N) is 1. The fourth-order valence-corrected chi connectivity index (χ4v) is 4.05. The number of carboxylic acids is 1. The van der Waals surface area contributed by atoms with Crippen LogP contribution in [0.25, 0.3) is 0 Å². The maximum atomic E-state index is 10.9. The van der Waals surface area contributed by atoms with Gasteiger partial charge in [0.25, 0.3) is 0 Å². The van der Waals surface area contributed by atoms with E-state index in [1.165, 1.54) is 50.5 Å². The van der Waals surface area contributed by atoms with E-state index in [9.17, 15) is 4.79 Å². The van der Waals surface area contributed by atoms with Crippen molar-refractivity contribution in [3.63, 3.8) is 0 Å². The molecular formula is C26H43NO2. The Labute approximate surface area is 179 Å². The van der Waals surface area contributed by atoms with Crippen molar-refractivity contribution in [1.82, 2.24) is 5.32 Å². The molecule has 0 aliphatic rings. The van der Waals surface area contributed by atoms with Crippen molar-refractivity contribution in [3.05, 3.63) is 48.0 Å². The summed E-state index contributed by atoms with van der Waals surface area (Å²) in [7, 11) is 2.00. The van der Waals surface area contributed by atoms with E-state index in [0.717, 1.165) is 32.2 Å². The van der Waals surface area contributed by atoms with Gasteiger partial charge in [0, 0.05) is 6.42 Å². The Balaban J connectivity index is 2.55. The van der Waals surface area contributed by atoms with Gasteiger partial charge in [-0.3, -0.25) is 4.79 Å². The molecule has 0 spiro atoms. The molecule has 0 radical (unpaired) electrons. The van der Waals surface area contributed by atoms with Crippen molar-refractivity contribution in [2.24, 2.45) is 11.8 Å². The van der Waals surface area contributed by atoms with E-state index in [0.29, 0.717) is 11.8 Å². The van der Waals surface area contributed by atoms with Gasteiger partial charge in [-0.1, -0.05) is 68.7 Å². The van der Waals surface area contributed by atoms with Gasteiger partial charge < -0.3 is 10.4 Å². The first-order valence-corrected chi connectivity index (χ1v) is 11.7. The van der Waals surface area contributed by atoms with Crippen molar-refractivity contribution in [3.8, 4) is 0 Å². The molecule has 3 heteroatoms. The first-order chi connectivity index (χ1) is 14.2. The fourth-order valence-electron chi connectivity index (χ4n) is 4.05. The molecule has 0 aliphatic carbocycles. The van der Waals surface area contributed by atoms with Gasteiger partial charge in [0.1, 0.15) is 0 Å². The quantitative estimate of drug-likeness (QED) is 0.214. The number of hydrogen-bond acceptors (Lipinski definition) is 2. The summed E-state index contributed by atoms with van der Waals surface area (Å²) in [5.41, 5.74) is 1.41. The lowest BCUT2D eigenvalue weighted by Gasteiger charge is -2.23. The lowest BCUT2D eigenvalue weighted by Crippen LogP contribution is -2.22. The third kappa shape index (κ3) is 14.1. The highest BCUT2D eigenvalue weighted by atomic mass is 16.4. The molecule has 29 heavy (non-hydrogen) atoms. The topological polar surface area (TPSA) is 49.3 Å². The van der Waals surface area contributed by atoms with Crippen molar-refractivity contribution >= 4 is 5.97 Å². The number of rotatable bonds is 18. The van der Waals surface area contributed by atoms with E-state index in [4.69, 9.17) is 5.11 Å². The third-order valence-corrected chi connectivity index (χ3v) is 5.71. The van der Waals surface area contributed by atoms with Crippen molar-refractivity contribution in [1.29, 1.82) is 0 Å². The number of aliphatic carboxylic acids is 1. The molecule has 0 aliphatic heterocycles. The van der Waals surface area contributed by atoms with Gasteiger partial charge in [-0.15, -0.1) is 0 Å². The van der Waals surface area contributed by atoms with Crippen LogP contribution in [0.4, 0.5) is 0 Å². The van der Waals surface area contributed by atoms with Gasteiger partial charge in [-0.25, -0.2) is 0 Å². The zero-order valence-corrected chi connectivity index (χ0v) is 18.7. The van der Waals surface area contributed by atoms with Crippen LogP contribution in [-0.4, -0.2) is 24.7 Å². The Kier molecular flexibility index (Phi) is 15.1. The molecule has 0 heterocycles. The van der Waals surface area contributed by atoms with E-state index in [1.807, 2.05) is 7.05 Å². The number of carboxylic acid groups (broad SMARTS) is 1. The highest BCUT2D eigenvalue weighted by molar-refractivity contribution is 5.66. The van der Waals surface area contributed by atoms with Crippen LogP contribution < -0.4 is 5.32 Å². The molecule has 0 saturated carbocycles. The number of unbranched alkanes of at least 4 members (excludes halogenated alkanes) is 4. The monoisotopic (exact) mass is 401 g/mol. The predicted octanol–water partition coefficient (Wildman–Crippen LogP) is 6.63. The minimum Gasteiger partial charge on any atom is -0.481 e. The second kappa shape index (κ2) is 17.3. The van der Waals surface area contributed by atoms with Gasteiger partial charge in [0.05, 0.1) is 0 Å². The largest absolute Gasteiger partial charge is 0.481 e. The highest BCUT2D eigenvalue weighted by Gasteiger charge is 2.16. The fraction of sp³-hybridized carbons (Fsp3) is 0.654. The molecule has 164 valence electrons. The molecule has 1 rings (SSSR count). The van der Waals surface area contributed by atoms with Crippen LogP contribution in [0.1, 0.15) is 83.1 Å². The van der Waals surface area contributed by atoms with Crippen LogP contribution in [-0.2, 0) is 11.2 Å². The number of hydrogen-bond donors (Lipinski definition) is 2. The van der Waals surface area contributed by atoms with Crippen LogP contribution in [0.2, 0.25) is 0 Å². The first kappa shape index (κ1) is 25.4. The van der Waals surface area contributed by atoms with Crippen LogP contribution in [0, 0.1) is 11.8 Å². The molecule has 0 amide bonds. The zero-order valence-electron chi connectivity index (χ0n) is 18.7. The summed E-state index contributed by atoms with van der Waals surface area (Å²) in [5.74, 6) is 0.531. The highest BCUT2D eigenvalue weighted by Crippen LogP contribution is 2.25. The summed E-state index contributed by atoms with van der Waals surface area (Å²) in [6, 6.07) is 10.8. The van der Waals surface area contributed by atoms with E-state index in [2.05, 4.69) is 54.7 Å². The summed E-state index contributed by atoms with van der Waals surface area (Å²) in [4.78, 5) is 10.9. The predicted molar refractivity (Wildman–Crippen MR) is 124 cm³/mol. The number of benzene rings is 1. The van der Waals surface area contributed by atoms with Crippen molar-refractivity contribution in [2.75, 3.05) is 13.6 Å². The number of allylic oxidation sites excluding steroid dienone is 2. The normalized spacial score (nSPS) is 13.6. The molecule has 1 aromatic rings. The number of carbonyl (C=O) groups is 1. The average molecular weight is 402 g/mol. The average Bonchev–Trinajstić information content (AvgIpc) is 2.71. The van der Waals surface area contributed by atoms with Gasteiger partial charge in [0.15, 0.2) is 0 Å². The van der Waals surface area contributed by atoms with E-state index in [-0.39, 0.29) is 6.42 Å². The summed E-state index contributed by atoms with van der Waals surface area (Å²) >= 11 is 0. The summed E-state index contributed by atoms with van der Waals surface area (Å²) in [6.07, 6.45) is 17.9. The molecule has 0 saturated heterocycles. The van der Waals surface area contributed by atoms with Crippen LogP contribution in [0.15, 0.2) is 42.5 Å². The molecule has 0 fully saturated rings. The molecule has 2 N–H and O–H groups in total. The van der Waals surface area contributed by atoms with Gasteiger partial charge >= 0.3 is 5.97 Å². The Morgan fingerprint density at radius 2 is 1.83 bits per heavy atom. The maximum Gasteiger partial charge on any atom is 0.303 e. The maximum absolute atomic E-state index is 10.9. The van der Waals surface area contributed by atoms with Gasteiger partial charge in [-0.05, 0) is 82.4 Å². The SMILES string of the molecule is CCCCCC/C=C\C[C@H](CCc1ccccc1)C[C@H](CCCC(=O)O)CNC. The second-order valence-electron chi connectivity index (χ2n) is 8.39. The Morgan fingerprint density at radius 1 is 1.03 bits per heavy atom. The molecule has 1 aromatic carbocycles. The van der Waals surface area contributed by atoms with E-state index >= 15 is 0 Å². The zero-order chi connectivity index (χ0) is 21.2. The first-order valence-electron chi connectivity index (χ1n) is 11.7. The third-order valence-electron chi connectivity index (χ3n) is 5.71. The van der Waals surface area contributed by atoms with Gasteiger partial charge in [0.2, 0.25) is 0 Å². The minimum atomic E-state index is -0.681. The minimum absolute atomic E-state index is 0.284. The van der Waals surface area contributed by atoms with Crippen LogP contribution in [0.5, 0.6) is 0 Å². The smallest absolute Gasteiger partial charge is 0.303 e. The summed E-state index contributed by atoms with van der Waals surface area (Å²) in [5, 5.41) is 12.3. The lowest BCUT2D eigenvalue weighted by atomic mass is 9.85. The van der Waals surface area contributed by atoms with Crippen molar-refractivity contribution in [2.45, 2.75) is 84.0 Å². The van der Waals surface area contributed by atoms with E-state index in [1.54, 1.807) is 0 Å². The lowest BCUT2D eigenvalue weighted by molar-refractivity contribution is -0.137. The van der Waals surface area contributed by atoms with E-state index < -0.39 is 5.97 Å². The summed E-state index contributed by atoms with van der Waals surface area (Å²) < 4.78 is 0. The Morgan fingerprint density at radius 3 is 2.52 bits per heavy atom. The molecule has 3 nitrogen and oxygen atoms in total. The number of aryl methyl sites for hydroxylation is 1. The molecule has 0 unspecified atom stereocenters. The second-order valence-corrected chi connectivity index (χ2v) is 8.39.